The van der Waals surface area contributed by atoms with E-state index < -0.39 is 0 Å². The van der Waals surface area contributed by atoms with E-state index in [2.05, 4.69) is 10.2 Å². The summed E-state index contributed by atoms with van der Waals surface area (Å²) in [4.78, 5) is 0. The SMILES string of the molecule is Oc1ccc(O)c(-c2n[nH]c(=S)n2C2CC2)c1. The normalized spacial score (nSPS) is 15.1. The Labute approximate surface area is 102 Å². The van der Waals surface area contributed by atoms with E-state index >= 15 is 0 Å². The Morgan fingerprint density at radius 3 is 2.82 bits per heavy atom. The molecule has 1 aliphatic carbocycles. The summed E-state index contributed by atoms with van der Waals surface area (Å²) in [6.45, 7) is 0. The van der Waals surface area contributed by atoms with Crippen molar-refractivity contribution in [2.45, 2.75) is 18.9 Å². The van der Waals surface area contributed by atoms with Crippen molar-refractivity contribution in [3.8, 4) is 22.9 Å². The molecule has 0 radical (unpaired) electrons. The zero-order valence-corrected chi connectivity index (χ0v) is 9.74. The first-order valence-corrected chi connectivity index (χ1v) is 5.77. The van der Waals surface area contributed by atoms with Crippen molar-refractivity contribution >= 4 is 12.2 Å². The molecule has 1 aromatic carbocycles. The first kappa shape index (κ1) is 10.3. The fourth-order valence-electron chi connectivity index (χ4n) is 1.87. The fraction of sp³-hybridized carbons (Fsp3) is 0.273. The van der Waals surface area contributed by atoms with E-state index in [1.165, 1.54) is 18.2 Å². The summed E-state index contributed by atoms with van der Waals surface area (Å²) in [5, 5.41) is 26.1. The molecule has 3 N–H and O–H groups in total. The number of aromatic hydroxyl groups is 2. The highest BCUT2D eigenvalue weighted by Crippen LogP contribution is 2.40. The molecule has 1 heterocycles. The quantitative estimate of drug-likeness (QED) is 0.564. The van der Waals surface area contributed by atoms with E-state index in [0.29, 0.717) is 22.2 Å². The Morgan fingerprint density at radius 1 is 1.35 bits per heavy atom. The van der Waals surface area contributed by atoms with Gasteiger partial charge in [-0.1, -0.05) is 0 Å². The Hall–Kier alpha value is -1.82. The zero-order chi connectivity index (χ0) is 12.0. The number of nitrogens with one attached hydrogen (secondary N) is 1. The van der Waals surface area contributed by atoms with Gasteiger partial charge in [0.25, 0.3) is 0 Å². The molecule has 6 heteroatoms. The van der Waals surface area contributed by atoms with Crippen LogP contribution in [0.15, 0.2) is 18.2 Å². The molecule has 0 atom stereocenters. The van der Waals surface area contributed by atoms with Crippen molar-refractivity contribution < 1.29 is 10.2 Å². The lowest BCUT2D eigenvalue weighted by atomic mass is 10.1. The molecule has 0 bridgehead atoms. The minimum absolute atomic E-state index is 0.0821. The molecule has 1 aromatic heterocycles. The third-order valence-corrected chi connectivity index (χ3v) is 3.13. The predicted molar refractivity (Wildman–Crippen MR) is 64.4 cm³/mol. The number of phenols is 2. The van der Waals surface area contributed by atoms with E-state index in [4.69, 9.17) is 12.2 Å². The summed E-state index contributed by atoms with van der Waals surface area (Å²) in [5.41, 5.74) is 0.490. The van der Waals surface area contributed by atoms with E-state index in [1.807, 2.05) is 4.57 Å². The van der Waals surface area contributed by atoms with Gasteiger partial charge in [-0.25, -0.2) is 0 Å². The van der Waals surface area contributed by atoms with Gasteiger partial charge < -0.3 is 10.2 Å². The van der Waals surface area contributed by atoms with Gasteiger partial charge in [0.1, 0.15) is 11.5 Å². The third-order valence-electron chi connectivity index (χ3n) is 2.84. The average molecular weight is 249 g/mol. The maximum atomic E-state index is 9.81. The third kappa shape index (κ3) is 1.70. The van der Waals surface area contributed by atoms with Gasteiger partial charge in [-0.05, 0) is 43.3 Å². The van der Waals surface area contributed by atoms with Crippen LogP contribution in [-0.4, -0.2) is 25.0 Å². The fourth-order valence-corrected chi connectivity index (χ4v) is 2.15. The molecule has 88 valence electrons. The standard InChI is InChI=1S/C11H11N3O2S/c15-7-3-4-9(16)8(5-7)10-12-13-11(17)14(10)6-1-2-6/h3-6,15-16H,1-2H2,(H,13,17). The largest absolute Gasteiger partial charge is 0.508 e. The van der Waals surface area contributed by atoms with Crippen LogP contribution in [0.3, 0.4) is 0 Å². The molecule has 0 aliphatic heterocycles. The summed E-state index contributed by atoms with van der Waals surface area (Å²) >= 11 is 5.17. The number of aromatic amines is 1. The number of phenolic OH excluding ortho intramolecular Hbond substituents is 2. The van der Waals surface area contributed by atoms with Gasteiger partial charge in [0.05, 0.1) is 5.56 Å². The number of aromatic nitrogens is 3. The molecule has 0 saturated heterocycles. The van der Waals surface area contributed by atoms with Crippen LogP contribution in [0.2, 0.25) is 0 Å². The number of benzene rings is 1. The Morgan fingerprint density at radius 2 is 2.12 bits per heavy atom. The molecule has 5 nitrogen and oxygen atoms in total. The van der Waals surface area contributed by atoms with Crippen molar-refractivity contribution in [2.24, 2.45) is 0 Å². The van der Waals surface area contributed by atoms with Crippen LogP contribution in [0.5, 0.6) is 11.5 Å². The Bertz CT molecular complexity index is 628. The summed E-state index contributed by atoms with van der Waals surface area (Å²) in [7, 11) is 0. The van der Waals surface area contributed by atoms with Crippen molar-refractivity contribution in [3.05, 3.63) is 23.0 Å². The van der Waals surface area contributed by atoms with Gasteiger partial charge in [0.15, 0.2) is 10.6 Å². The maximum Gasteiger partial charge on any atom is 0.195 e. The molecule has 0 amide bonds. The van der Waals surface area contributed by atoms with Gasteiger partial charge >= 0.3 is 0 Å². The highest BCUT2D eigenvalue weighted by Gasteiger charge is 2.28. The van der Waals surface area contributed by atoms with Crippen LogP contribution in [0, 0.1) is 4.77 Å². The molecule has 3 rings (SSSR count). The van der Waals surface area contributed by atoms with Crippen molar-refractivity contribution in [2.75, 3.05) is 0 Å². The second-order valence-corrected chi connectivity index (χ2v) is 4.54. The molecule has 2 aromatic rings. The summed E-state index contributed by atoms with van der Waals surface area (Å²) in [5.74, 6) is 0.749. The van der Waals surface area contributed by atoms with E-state index in [-0.39, 0.29) is 11.5 Å². The predicted octanol–water partition coefficient (Wildman–Crippen LogP) is 2.35. The average Bonchev–Trinajstić information content (AvgIpc) is 3.06. The lowest BCUT2D eigenvalue weighted by Crippen LogP contribution is -1.97. The van der Waals surface area contributed by atoms with Gasteiger partial charge in [-0.15, -0.1) is 0 Å². The van der Waals surface area contributed by atoms with Crippen LogP contribution < -0.4 is 0 Å². The Balaban J connectivity index is 2.21. The maximum absolute atomic E-state index is 9.81. The van der Waals surface area contributed by atoms with E-state index in [9.17, 15) is 10.2 Å². The minimum atomic E-state index is 0.0821. The van der Waals surface area contributed by atoms with Gasteiger partial charge in [0.2, 0.25) is 0 Å². The lowest BCUT2D eigenvalue weighted by molar-refractivity contribution is 0.461. The number of rotatable bonds is 2. The minimum Gasteiger partial charge on any atom is -0.508 e. The molecule has 1 saturated carbocycles. The smallest absolute Gasteiger partial charge is 0.195 e. The highest BCUT2D eigenvalue weighted by molar-refractivity contribution is 7.71. The number of H-pyrrole nitrogens is 1. The van der Waals surface area contributed by atoms with Gasteiger partial charge in [0, 0.05) is 6.04 Å². The zero-order valence-electron chi connectivity index (χ0n) is 8.92. The first-order valence-electron chi connectivity index (χ1n) is 5.36. The number of hydrogen-bond acceptors (Lipinski definition) is 4. The number of nitrogens with zero attached hydrogens (tertiary/aromatic N) is 2. The van der Waals surface area contributed by atoms with E-state index in [0.717, 1.165) is 12.8 Å². The molecule has 0 spiro atoms. The Kier molecular flexibility index (Phi) is 2.19. The molecule has 1 fully saturated rings. The van der Waals surface area contributed by atoms with Crippen molar-refractivity contribution in [1.82, 2.24) is 14.8 Å². The van der Waals surface area contributed by atoms with Crippen LogP contribution in [0.25, 0.3) is 11.4 Å². The first-order chi connectivity index (χ1) is 8.16. The lowest BCUT2D eigenvalue weighted by Gasteiger charge is -2.07. The van der Waals surface area contributed by atoms with Gasteiger partial charge in [-0.2, -0.15) is 5.10 Å². The topological polar surface area (TPSA) is 74.1 Å². The molecule has 1 aliphatic rings. The molecular formula is C11H11N3O2S. The van der Waals surface area contributed by atoms with Crippen LogP contribution >= 0.6 is 12.2 Å². The molecular weight excluding hydrogens is 238 g/mol. The van der Waals surface area contributed by atoms with Crippen LogP contribution in [0.4, 0.5) is 0 Å². The molecule has 17 heavy (non-hydrogen) atoms. The van der Waals surface area contributed by atoms with Gasteiger partial charge in [-0.3, -0.25) is 9.67 Å². The summed E-state index contributed by atoms with van der Waals surface area (Å²) in [6, 6.07) is 4.72. The highest BCUT2D eigenvalue weighted by atomic mass is 32.1. The van der Waals surface area contributed by atoms with Crippen LogP contribution in [0.1, 0.15) is 18.9 Å². The second kappa shape index (κ2) is 3.59. The van der Waals surface area contributed by atoms with Crippen LogP contribution in [-0.2, 0) is 0 Å². The van der Waals surface area contributed by atoms with Crippen molar-refractivity contribution in [3.63, 3.8) is 0 Å². The van der Waals surface area contributed by atoms with E-state index in [1.54, 1.807) is 0 Å². The second-order valence-electron chi connectivity index (χ2n) is 4.15. The monoisotopic (exact) mass is 249 g/mol. The number of hydrogen-bond donors (Lipinski definition) is 3. The van der Waals surface area contributed by atoms with Crippen molar-refractivity contribution in [1.29, 1.82) is 0 Å². The summed E-state index contributed by atoms with van der Waals surface area (Å²) in [6.07, 6.45) is 2.14. The summed E-state index contributed by atoms with van der Waals surface area (Å²) < 4.78 is 2.44. The molecule has 0 unspecified atom stereocenters.